The summed E-state index contributed by atoms with van der Waals surface area (Å²) >= 11 is 0. The van der Waals surface area contributed by atoms with Crippen LogP contribution in [0.4, 0.5) is 0 Å². The number of fused-ring (bicyclic) bond motifs is 1. The van der Waals surface area contributed by atoms with E-state index < -0.39 is 0 Å². The second kappa shape index (κ2) is 7.77. The van der Waals surface area contributed by atoms with Crippen LogP contribution in [0.5, 0.6) is 0 Å². The minimum Gasteiger partial charge on any atom is -0.348 e. The number of carbonyl (C=O) groups excluding carboxylic acids is 1. The van der Waals surface area contributed by atoms with Crippen molar-refractivity contribution >= 4 is 16.7 Å². The maximum absolute atomic E-state index is 12.2. The lowest BCUT2D eigenvalue weighted by atomic mass is 10.0. The van der Waals surface area contributed by atoms with Crippen LogP contribution in [-0.4, -0.2) is 44.7 Å². The molecule has 0 bridgehead atoms. The third-order valence-corrected chi connectivity index (χ3v) is 6.11. The third-order valence-electron chi connectivity index (χ3n) is 6.11. The topological polar surface area (TPSA) is 38.0 Å². The van der Waals surface area contributed by atoms with Crippen LogP contribution in [0.1, 0.15) is 25.3 Å². The normalized spacial score (nSPS) is 24.3. The molecular weight excluding hydrogens is 322 g/mol. The van der Waals surface area contributed by atoms with Gasteiger partial charge in [0.25, 0.3) is 5.91 Å². The van der Waals surface area contributed by atoms with Crippen LogP contribution in [-0.2, 0) is 11.3 Å². The molecule has 2 fully saturated rings. The summed E-state index contributed by atoms with van der Waals surface area (Å²) in [6.45, 7) is 8.33. The van der Waals surface area contributed by atoms with Gasteiger partial charge < -0.3 is 15.1 Å². The highest BCUT2D eigenvalue weighted by Gasteiger charge is 2.30. The van der Waals surface area contributed by atoms with E-state index in [-0.39, 0.29) is 5.91 Å². The van der Waals surface area contributed by atoms with Gasteiger partial charge in [-0.3, -0.25) is 4.79 Å². The minimum atomic E-state index is 0.233. The second-order valence-electron chi connectivity index (χ2n) is 8.19. The van der Waals surface area contributed by atoms with Gasteiger partial charge in [0.1, 0.15) is 32.7 Å². The zero-order valence-corrected chi connectivity index (χ0v) is 15.8. The van der Waals surface area contributed by atoms with E-state index in [0.29, 0.717) is 12.6 Å². The molecule has 0 aromatic heterocycles. The molecule has 2 aromatic carbocycles. The lowest BCUT2D eigenvalue weighted by Crippen LogP contribution is -3.28. The first-order valence-corrected chi connectivity index (χ1v) is 10.1. The van der Waals surface area contributed by atoms with Gasteiger partial charge in [0.05, 0.1) is 0 Å². The lowest BCUT2D eigenvalue weighted by molar-refractivity contribution is -1.02. The van der Waals surface area contributed by atoms with Crippen molar-refractivity contribution in [3.8, 4) is 0 Å². The summed E-state index contributed by atoms with van der Waals surface area (Å²) in [5.41, 5.74) is 1.44. The smallest absolute Gasteiger partial charge is 0.275 e. The molecule has 1 aliphatic heterocycles. The zero-order valence-electron chi connectivity index (χ0n) is 15.8. The first kappa shape index (κ1) is 17.5. The Labute approximate surface area is 156 Å². The Bertz CT molecular complexity index is 758. The molecule has 1 saturated carbocycles. The Morgan fingerprint density at radius 2 is 1.73 bits per heavy atom. The molecular formula is C22H31N3O+2. The summed E-state index contributed by atoms with van der Waals surface area (Å²) in [5.74, 6) is 0.966. The summed E-state index contributed by atoms with van der Waals surface area (Å²) in [4.78, 5) is 15.3. The number of benzene rings is 2. The van der Waals surface area contributed by atoms with Crippen LogP contribution in [0.15, 0.2) is 42.5 Å². The van der Waals surface area contributed by atoms with Gasteiger partial charge in [-0.25, -0.2) is 0 Å². The minimum absolute atomic E-state index is 0.233. The van der Waals surface area contributed by atoms with E-state index in [9.17, 15) is 4.79 Å². The standard InChI is InChI=1S/C22H29N3O/c1-17(18-9-10-18)23-22(26)16-25-13-11-24(12-14-25)15-20-7-4-6-19-5-2-3-8-21(19)20/h2-8,17-18H,9-16H2,1H3,(H,23,26)/p+2/t17-/m1/s1. The fourth-order valence-corrected chi connectivity index (χ4v) is 4.27. The van der Waals surface area contributed by atoms with Crippen molar-refractivity contribution < 1.29 is 14.6 Å². The van der Waals surface area contributed by atoms with E-state index in [1.54, 1.807) is 4.90 Å². The Morgan fingerprint density at radius 3 is 2.50 bits per heavy atom. The molecule has 2 aliphatic rings. The Balaban J connectivity index is 1.27. The van der Waals surface area contributed by atoms with Gasteiger partial charge >= 0.3 is 0 Å². The fraction of sp³-hybridized carbons (Fsp3) is 0.500. The van der Waals surface area contributed by atoms with E-state index in [2.05, 4.69) is 54.7 Å². The zero-order chi connectivity index (χ0) is 17.9. The van der Waals surface area contributed by atoms with Crippen molar-refractivity contribution in [2.24, 2.45) is 5.92 Å². The maximum atomic E-state index is 12.2. The number of hydrogen-bond donors (Lipinski definition) is 3. The van der Waals surface area contributed by atoms with Gasteiger partial charge in [-0.05, 0) is 36.5 Å². The van der Waals surface area contributed by atoms with Crippen molar-refractivity contribution in [2.75, 3.05) is 32.7 Å². The molecule has 0 spiro atoms. The molecule has 4 rings (SSSR count). The molecule has 138 valence electrons. The SMILES string of the molecule is C[C@@H](NC(=O)C[NH+]1CC[NH+](Cc2cccc3ccccc23)CC1)C1CC1. The molecule has 0 radical (unpaired) electrons. The summed E-state index contributed by atoms with van der Waals surface area (Å²) in [6, 6.07) is 15.7. The number of carbonyl (C=O) groups is 1. The Kier molecular flexibility index (Phi) is 5.23. The predicted molar refractivity (Wildman–Crippen MR) is 104 cm³/mol. The molecule has 1 atom stereocenters. The summed E-state index contributed by atoms with van der Waals surface area (Å²) in [6.07, 6.45) is 2.56. The van der Waals surface area contributed by atoms with Gasteiger partial charge in [-0.15, -0.1) is 0 Å². The summed E-state index contributed by atoms with van der Waals surface area (Å²) in [5, 5.41) is 5.90. The predicted octanol–water partition coefficient (Wildman–Crippen LogP) is 0.0379. The van der Waals surface area contributed by atoms with E-state index in [1.165, 1.54) is 34.1 Å². The molecule has 2 aromatic rings. The highest BCUT2D eigenvalue weighted by molar-refractivity contribution is 5.85. The van der Waals surface area contributed by atoms with E-state index >= 15 is 0 Å². The van der Waals surface area contributed by atoms with Crippen LogP contribution < -0.4 is 15.1 Å². The molecule has 4 heteroatoms. The van der Waals surface area contributed by atoms with Crippen LogP contribution in [0, 0.1) is 5.92 Å². The first-order valence-electron chi connectivity index (χ1n) is 10.1. The van der Waals surface area contributed by atoms with Crippen molar-refractivity contribution in [3.05, 3.63) is 48.0 Å². The van der Waals surface area contributed by atoms with Crippen LogP contribution in [0.25, 0.3) is 10.8 Å². The number of amides is 1. The third kappa shape index (κ3) is 4.25. The quantitative estimate of drug-likeness (QED) is 0.674. The van der Waals surface area contributed by atoms with E-state index in [0.717, 1.165) is 38.6 Å². The number of quaternary nitrogens is 2. The van der Waals surface area contributed by atoms with Crippen molar-refractivity contribution in [1.82, 2.24) is 5.32 Å². The van der Waals surface area contributed by atoms with Crippen molar-refractivity contribution in [3.63, 3.8) is 0 Å². The van der Waals surface area contributed by atoms with Gasteiger partial charge in [0.15, 0.2) is 6.54 Å². The van der Waals surface area contributed by atoms with Gasteiger partial charge in [-0.1, -0.05) is 42.5 Å². The second-order valence-corrected chi connectivity index (χ2v) is 8.19. The molecule has 1 heterocycles. The van der Waals surface area contributed by atoms with Crippen LogP contribution in [0.3, 0.4) is 0 Å². The molecule has 0 unspecified atom stereocenters. The largest absolute Gasteiger partial charge is 0.348 e. The lowest BCUT2D eigenvalue weighted by Gasteiger charge is -2.30. The number of hydrogen-bond acceptors (Lipinski definition) is 1. The van der Waals surface area contributed by atoms with Gasteiger partial charge in [-0.2, -0.15) is 0 Å². The number of piperazine rings is 1. The summed E-state index contributed by atoms with van der Waals surface area (Å²) < 4.78 is 0. The monoisotopic (exact) mass is 353 g/mol. The fourth-order valence-electron chi connectivity index (χ4n) is 4.27. The van der Waals surface area contributed by atoms with Crippen LogP contribution >= 0.6 is 0 Å². The Morgan fingerprint density at radius 1 is 1.04 bits per heavy atom. The van der Waals surface area contributed by atoms with Gasteiger partial charge in [0, 0.05) is 11.6 Å². The van der Waals surface area contributed by atoms with E-state index in [1.807, 2.05) is 0 Å². The molecule has 1 amide bonds. The molecule has 1 saturated heterocycles. The molecule has 26 heavy (non-hydrogen) atoms. The Hall–Kier alpha value is -1.91. The van der Waals surface area contributed by atoms with E-state index in [4.69, 9.17) is 0 Å². The number of rotatable bonds is 6. The first-order chi connectivity index (χ1) is 12.7. The average Bonchev–Trinajstić information content (AvgIpc) is 3.49. The van der Waals surface area contributed by atoms with Crippen LogP contribution in [0.2, 0.25) is 0 Å². The highest BCUT2D eigenvalue weighted by Crippen LogP contribution is 2.32. The molecule has 4 nitrogen and oxygen atoms in total. The number of nitrogens with one attached hydrogen (secondary N) is 3. The maximum Gasteiger partial charge on any atom is 0.275 e. The van der Waals surface area contributed by atoms with Crippen molar-refractivity contribution in [1.29, 1.82) is 0 Å². The molecule has 3 N–H and O–H groups in total. The molecule has 1 aliphatic carbocycles. The average molecular weight is 354 g/mol. The van der Waals surface area contributed by atoms with Crippen molar-refractivity contribution in [2.45, 2.75) is 32.4 Å². The summed E-state index contributed by atoms with van der Waals surface area (Å²) in [7, 11) is 0. The highest BCUT2D eigenvalue weighted by atomic mass is 16.2. The van der Waals surface area contributed by atoms with Gasteiger partial charge in [0.2, 0.25) is 0 Å².